The Morgan fingerprint density at radius 2 is 2.05 bits per heavy atom. The molecule has 0 bridgehead atoms. The SMILES string of the molecule is COc1ccc(CCC(=O)CCC2CCCCO2)cc1. The van der Waals surface area contributed by atoms with E-state index >= 15 is 0 Å². The minimum Gasteiger partial charge on any atom is -0.497 e. The Labute approximate surface area is 121 Å². The van der Waals surface area contributed by atoms with Crippen LogP contribution in [0.25, 0.3) is 0 Å². The highest BCUT2D eigenvalue weighted by molar-refractivity contribution is 5.78. The zero-order valence-electron chi connectivity index (χ0n) is 12.3. The molecule has 0 spiro atoms. The monoisotopic (exact) mass is 276 g/mol. The lowest BCUT2D eigenvalue weighted by molar-refractivity contribution is -0.120. The zero-order valence-corrected chi connectivity index (χ0v) is 12.3. The van der Waals surface area contributed by atoms with Gasteiger partial charge in [0.15, 0.2) is 0 Å². The van der Waals surface area contributed by atoms with Crippen molar-refractivity contribution in [3.05, 3.63) is 29.8 Å². The number of carbonyl (C=O) groups is 1. The summed E-state index contributed by atoms with van der Waals surface area (Å²) in [6, 6.07) is 7.93. The smallest absolute Gasteiger partial charge is 0.133 e. The number of benzene rings is 1. The van der Waals surface area contributed by atoms with E-state index in [1.165, 1.54) is 18.4 Å². The second-order valence-electron chi connectivity index (χ2n) is 5.41. The van der Waals surface area contributed by atoms with Crippen LogP contribution in [0, 0.1) is 0 Å². The van der Waals surface area contributed by atoms with E-state index in [-0.39, 0.29) is 0 Å². The van der Waals surface area contributed by atoms with Gasteiger partial charge in [0.1, 0.15) is 11.5 Å². The Balaban J connectivity index is 1.66. The molecule has 0 radical (unpaired) electrons. The lowest BCUT2D eigenvalue weighted by atomic mass is 10.0. The number of methoxy groups -OCH3 is 1. The van der Waals surface area contributed by atoms with Crippen molar-refractivity contribution in [2.75, 3.05) is 13.7 Å². The lowest BCUT2D eigenvalue weighted by Gasteiger charge is -2.22. The third-order valence-corrected chi connectivity index (χ3v) is 3.87. The molecular weight excluding hydrogens is 252 g/mol. The van der Waals surface area contributed by atoms with Crippen molar-refractivity contribution >= 4 is 5.78 Å². The number of Topliss-reactive ketones (excluding diaryl/α,β-unsaturated/α-hetero) is 1. The molecule has 0 saturated carbocycles. The number of ether oxygens (including phenoxy) is 2. The summed E-state index contributed by atoms with van der Waals surface area (Å²) in [7, 11) is 1.66. The molecule has 0 N–H and O–H groups in total. The Hall–Kier alpha value is -1.35. The number of carbonyl (C=O) groups excluding carboxylic acids is 1. The summed E-state index contributed by atoms with van der Waals surface area (Å²) in [5, 5.41) is 0. The molecule has 1 aliphatic rings. The van der Waals surface area contributed by atoms with Crippen molar-refractivity contribution < 1.29 is 14.3 Å². The van der Waals surface area contributed by atoms with E-state index in [4.69, 9.17) is 9.47 Å². The summed E-state index contributed by atoms with van der Waals surface area (Å²) in [5.41, 5.74) is 1.19. The van der Waals surface area contributed by atoms with E-state index in [1.807, 2.05) is 24.3 Å². The molecule has 1 unspecified atom stereocenters. The number of hydrogen-bond donors (Lipinski definition) is 0. The van der Waals surface area contributed by atoms with E-state index in [2.05, 4.69) is 0 Å². The number of ketones is 1. The third kappa shape index (κ3) is 4.97. The Kier molecular flexibility index (Phi) is 6.06. The maximum atomic E-state index is 11.9. The van der Waals surface area contributed by atoms with Gasteiger partial charge in [0.2, 0.25) is 0 Å². The standard InChI is InChI=1S/C17H24O3/c1-19-16-10-6-14(7-11-16)5-8-15(18)9-12-17-4-2-3-13-20-17/h6-7,10-11,17H,2-5,8-9,12-13H2,1H3. The van der Waals surface area contributed by atoms with E-state index in [1.54, 1.807) is 7.11 Å². The zero-order chi connectivity index (χ0) is 14.2. The molecule has 1 fully saturated rings. The number of hydrogen-bond acceptors (Lipinski definition) is 3. The van der Waals surface area contributed by atoms with Crippen LogP contribution in [0.1, 0.15) is 44.1 Å². The highest BCUT2D eigenvalue weighted by Crippen LogP contribution is 2.18. The molecule has 0 aliphatic carbocycles. The van der Waals surface area contributed by atoms with Gasteiger partial charge in [0.05, 0.1) is 13.2 Å². The van der Waals surface area contributed by atoms with E-state index in [0.29, 0.717) is 24.7 Å². The molecule has 0 amide bonds. The van der Waals surface area contributed by atoms with Crippen LogP contribution in [0.2, 0.25) is 0 Å². The van der Waals surface area contributed by atoms with Gasteiger partial charge < -0.3 is 9.47 Å². The summed E-state index contributed by atoms with van der Waals surface area (Å²) in [6.07, 6.45) is 6.82. The van der Waals surface area contributed by atoms with Crippen LogP contribution >= 0.6 is 0 Å². The van der Waals surface area contributed by atoms with Gasteiger partial charge in [-0.1, -0.05) is 12.1 Å². The predicted molar refractivity (Wildman–Crippen MR) is 79.1 cm³/mol. The van der Waals surface area contributed by atoms with Crippen molar-refractivity contribution in [1.29, 1.82) is 0 Å². The summed E-state index contributed by atoms with van der Waals surface area (Å²) in [6.45, 7) is 0.866. The molecule has 1 aromatic carbocycles. The largest absolute Gasteiger partial charge is 0.497 e. The first-order valence-electron chi connectivity index (χ1n) is 7.54. The Morgan fingerprint density at radius 1 is 1.25 bits per heavy atom. The highest BCUT2D eigenvalue weighted by Gasteiger charge is 2.15. The van der Waals surface area contributed by atoms with Gasteiger partial charge in [-0.15, -0.1) is 0 Å². The molecule has 3 nitrogen and oxygen atoms in total. The molecule has 0 aromatic heterocycles. The molecule has 1 heterocycles. The molecule has 3 heteroatoms. The maximum Gasteiger partial charge on any atom is 0.133 e. The number of aryl methyl sites for hydroxylation is 1. The fourth-order valence-corrected chi connectivity index (χ4v) is 2.56. The molecular formula is C17H24O3. The topological polar surface area (TPSA) is 35.5 Å². The first-order valence-corrected chi connectivity index (χ1v) is 7.54. The molecule has 1 atom stereocenters. The highest BCUT2D eigenvalue weighted by atomic mass is 16.5. The lowest BCUT2D eigenvalue weighted by Crippen LogP contribution is -2.20. The minimum absolute atomic E-state index is 0.314. The van der Waals surface area contributed by atoms with Crippen molar-refractivity contribution in [2.45, 2.75) is 51.0 Å². The van der Waals surface area contributed by atoms with Crippen LogP contribution in [-0.2, 0) is 16.0 Å². The van der Waals surface area contributed by atoms with Crippen molar-refractivity contribution in [3.8, 4) is 5.75 Å². The second-order valence-corrected chi connectivity index (χ2v) is 5.41. The van der Waals surface area contributed by atoms with Crippen molar-refractivity contribution in [3.63, 3.8) is 0 Å². The van der Waals surface area contributed by atoms with Gasteiger partial charge in [-0.25, -0.2) is 0 Å². The van der Waals surface area contributed by atoms with Gasteiger partial charge in [-0.3, -0.25) is 4.79 Å². The summed E-state index contributed by atoms with van der Waals surface area (Å²) < 4.78 is 10.8. The fourth-order valence-electron chi connectivity index (χ4n) is 2.56. The van der Waals surface area contributed by atoms with Crippen LogP contribution in [0.3, 0.4) is 0 Å². The average molecular weight is 276 g/mol. The third-order valence-electron chi connectivity index (χ3n) is 3.87. The molecule has 1 aliphatic heterocycles. The molecule has 110 valence electrons. The van der Waals surface area contributed by atoms with Gasteiger partial charge in [-0.2, -0.15) is 0 Å². The van der Waals surface area contributed by atoms with E-state index in [9.17, 15) is 4.79 Å². The van der Waals surface area contributed by atoms with Gasteiger partial charge in [0.25, 0.3) is 0 Å². The van der Waals surface area contributed by atoms with Crippen molar-refractivity contribution in [2.24, 2.45) is 0 Å². The Bertz CT molecular complexity index is 405. The maximum absolute atomic E-state index is 11.9. The Morgan fingerprint density at radius 3 is 2.70 bits per heavy atom. The van der Waals surface area contributed by atoms with E-state index < -0.39 is 0 Å². The molecule has 2 rings (SSSR count). The van der Waals surface area contributed by atoms with Crippen molar-refractivity contribution in [1.82, 2.24) is 0 Å². The van der Waals surface area contributed by atoms with Crippen LogP contribution < -0.4 is 4.74 Å². The summed E-state index contributed by atoms with van der Waals surface area (Å²) >= 11 is 0. The van der Waals surface area contributed by atoms with Crippen LogP contribution in [0.5, 0.6) is 5.75 Å². The fraction of sp³-hybridized carbons (Fsp3) is 0.588. The molecule has 1 saturated heterocycles. The van der Waals surface area contributed by atoms with E-state index in [0.717, 1.165) is 31.6 Å². The quantitative estimate of drug-likeness (QED) is 0.764. The first kappa shape index (κ1) is 15.0. The average Bonchev–Trinajstić information content (AvgIpc) is 2.52. The van der Waals surface area contributed by atoms with Gasteiger partial charge in [0, 0.05) is 19.4 Å². The second kappa shape index (κ2) is 8.05. The molecule has 1 aromatic rings. The van der Waals surface area contributed by atoms with Gasteiger partial charge >= 0.3 is 0 Å². The first-order chi connectivity index (χ1) is 9.78. The summed E-state index contributed by atoms with van der Waals surface area (Å²) in [5.74, 6) is 1.20. The van der Waals surface area contributed by atoms with Gasteiger partial charge in [-0.05, 0) is 49.8 Å². The van der Waals surface area contributed by atoms with Crippen LogP contribution in [-0.4, -0.2) is 25.6 Å². The minimum atomic E-state index is 0.314. The van der Waals surface area contributed by atoms with Crippen LogP contribution in [0.4, 0.5) is 0 Å². The summed E-state index contributed by atoms with van der Waals surface area (Å²) in [4.78, 5) is 11.9. The predicted octanol–water partition coefficient (Wildman–Crippen LogP) is 3.55. The number of rotatable bonds is 7. The van der Waals surface area contributed by atoms with Crippen LogP contribution in [0.15, 0.2) is 24.3 Å². The normalized spacial score (nSPS) is 18.8. The molecule has 20 heavy (non-hydrogen) atoms.